The quantitative estimate of drug-likeness (QED) is 0.652. The van der Waals surface area contributed by atoms with Gasteiger partial charge in [0.2, 0.25) is 0 Å². The number of hydrogen-bond acceptors (Lipinski definition) is 4. The molecular weight excluding hydrogens is 273 g/mol. The Kier molecular flexibility index (Phi) is 8.35. The minimum atomic E-state index is -0.523. The molecule has 0 fully saturated rings. The molecule has 2 N–H and O–H groups in total. The third-order valence-corrected chi connectivity index (χ3v) is 2.84. The molecule has 1 amide bonds. The van der Waals surface area contributed by atoms with E-state index in [9.17, 15) is 9.18 Å². The summed E-state index contributed by atoms with van der Waals surface area (Å²) in [7, 11) is 0. The number of carbonyl (C=O) groups is 1. The van der Waals surface area contributed by atoms with Crippen molar-refractivity contribution in [3.63, 3.8) is 0 Å². The van der Waals surface area contributed by atoms with Crippen LogP contribution in [0.3, 0.4) is 0 Å². The number of carbonyl (C=O) groups excluding carboxylic acids is 1. The number of unbranched alkanes of at least 4 members (excludes halogenated alkanes) is 1. The molecule has 6 heteroatoms. The lowest BCUT2D eigenvalue weighted by Gasteiger charge is -2.10. The van der Waals surface area contributed by atoms with Crippen molar-refractivity contribution in [3.05, 3.63) is 23.6 Å². The van der Waals surface area contributed by atoms with Crippen LogP contribution in [0.2, 0.25) is 0 Å². The van der Waals surface area contributed by atoms with Gasteiger partial charge in [0.1, 0.15) is 11.6 Å². The Labute approximate surface area is 125 Å². The van der Waals surface area contributed by atoms with Gasteiger partial charge in [-0.3, -0.25) is 4.79 Å². The first-order chi connectivity index (χ1) is 10.2. The van der Waals surface area contributed by atoms with Crippen molar-refractivity contribution in [2.45, 2.75) is 33.1 Å². The van der Waals surface area contributed by atoms with Crippen molar-refractivity contribution in [3.8, 4) is 0 Å². The van der Waals surface area contributed by atoms with Gasteiger partial charge in [-0.15, -0.1) is 0 Å². The molecule has 1 heterocycles. The standard InChI is InChI=1S/C15H24FN3O2/c1-3-5-8-21-9-6-7-18-15(20)13-10-12(16)11-19-14(13)17-4-2/h10-11H,3-9H2,1-2H3,(H,17,19)(H,18,20). The number of nitrogens with zero attached hydrogens (tertiary/aromatic N) is 1. The zero-order valence-corrected chi connectivity index (χ0v) is 12.7. The lowest BCUT2D eigenvalue weighted by atomic mass is 10.2. The first-order valence-electron chi connectivity index (χ1n) is 7.44. The van der Waals surface area contributed by atoms with Gasteiger partial charge in [0.25, 0.3) is 5.91 Å². The molecule has 118 valence electrons. The van der Waals surface area contributed by atoms with Crippen LogP contribution in [0, 0.1) is 5.82 Å². The molecule has 0 saturated heterocycles. The Morgan fingerprint density at radius 1 is 1.33 bits per heavy atom. The highest BCUT2D eigenvalue weighted by Crippen LogP contribution is 2.13. The normalized spacial score (nSPS) is 10.4. The topological polar surface area (TPSA) is 63.2 Å². The number of rotatable bonds is 10. The number of hydrogen-bond donors (Lipinski definition) is 2. The molecule has 0 bridgehead atoms. The van der Waals surface area contributed by atoms with Crippen LogP contribution < -0.4 is 10.6 Å². The number of anilines is 1. The summed E-state index contributed by atoms with van der Waals surface area (Å²) in [6.45, 7) is 6.47. The van der Waals surface area contributed by atoms with E-state index in [2.05, 4.69) is 22.5 Å². The molecular formula is C15H24FN3O2. The highest BCUT2D eigenvalue weighted by Gasteiger charge is 2.13. The van der Waals surface area contributed by atoms with Crippen LogP contribution >= 0.6 is 0 Å². The van der Waals surface area contributed by atoms with Crippen LogP contribution in [0.1, 0.15) is 43.5 Å². The zero-order valence-electron chi connectivity index (χ0n) is 12.7. The Morgan fingerprint density at radius 2 is 2.10 bits per heavy atom. The van der Waals surface area contributed by atoms with Crippen LogP contribution in [0.4, 0.5) is 10.2 Å². The molecule has 0 aromatic carbocycles. The predicted molar refractivity (Wildman–Crippen MR) is 81.0 cm³/mol. The van der Waals surface area contributed by atoms with Crippen molar-refractivity contribution in [1.82, 2.24) is 10.3 Å². The van der Waals surface area contributed by atoms with Crippen LogP contribution in [-0.4, -0.2) is 37.2 Å². The van der Waals surface area contributed by atoms with Gasteiger partial charge in [0.15, 0.2) is 0 Å². The molecule has 21 heavy (non-hydrogen) atoms. The first kappa shape index (κ1) is 17.4. The molecule has 0 aliphatic rings. The van der Waals surface area contributed by atoms with E-state index >= 15 is 0 Å². The second kappa shape index (κ2) is 10.1. The summed E-state index contributed by atoms with van der Waals surface area (Å²) in [5.74, 6) is -0.452. The second-order valence-corrected chi connectivity index (χ2v) is 4.66. The van der Waals surface area contributed by atoms with Gasteiger partial charge >= 0.3 is 0 Å². The molecule has 1 aromatic rings. The Hall–Kier alpha value is -1.69. The summed E-state index contributed by atoms with van der Waals surface area (Å²) in [4.78, 5) is 15.9. The average Bonchev–Trinajstić information content (AvgIpc) is 2.48. The van der Waals surface area contributed by atoms with Crippen molar-refractivity contribution in [2.24, 2.45) is 0 Å². The SMILES string of the molecule is CCCCOCCCNC(=O)c1cc(F)cnc1NCC. The Bertz CT molecular complexity index is 441. The Balaban J connectivity index is 2.39. The number of ether oxygens (including phenoxy) is 1. The van der Waals surface area contributed by atoms with E-state index < -0.39 is 5.82 Å². The molecule has 1 aromatic heterocycles. The summed E-state index contributed by atoms with van der Waals surface area (Å²) < 4.78 is 18.6. The van der Waals surface area contributed by atoms with E-state index in [1.54, 1.807) is 0 Å². The number of amides is 1. The van der Waals surface area contributed by atoms with Crippen LogP contribution in [0.5, 0.6) is 0 Å². The van der Waals surface area contributed by atoms with Gasteiger partial charge < -0.3 is 15.4 Å². The molecule has 0 aliphatic heterocycles. The first-order valence-corrected chi connectivity index (χ1v) is 7.44. The highest BCUT2D eigenvalue weighted by atomic mass is 19.1. The number of nitrogens with one attached hydrogen (secondary N) is 2. The van der Waals surface area contributed by atoms with Gasteiger partial charge in [-0.2, -0.15) is 0 Å². The van der Waals surface area contributed by atoms with Crippen molar-refractivity contribution in [1.29, 1.82) is 0 Å². The van der Waals surface area contributed by atoms with E-state index in [0.29, 0.717) is 25.5 Å². The third-order valence-electron chi connectivity index (χ3n) is 2.84. The van der Waals surface area contributed by atoms with Crippen LogP contribution in [0.25, 0.3) is 0 Å². The predicted octanol–water partition coefficient (Wildman–Crippen LogP) is 2.59. The average molecular weight is 297 g/mol. The molecule has 0 spiro atoms. The van der Waals surface area contributed by atoms with E-state index in [4.69, 9.17) is 4.74 Å². The van der Waals surface area contributed by atoms with Crippen molar-refractivity contribution >= 4 is 11.7 Å². The molecule has 0 radical (unpaired) electrons. The number of aromatic nitrogens is 1. The van der Waals surface area contributed by atoms with Crippen LogP contribution in [-0.2, 0) is 4.74 Å². The van der Waals surface area contributed by atoms with Gasteiger partial charge in [-0.05, 0) is 25.8 Å². The van der Waals surface area contributed by atoms with Gasteiger partial charge in [-0.1, -0.05) is 13.3 Å². The van der Waals surface area contributed by atoms with Crippen LogP contribution in [0.15, 0.2) is 12.3 Å². The summed E-state index contributed by atoms with van der Waals surface area (Å²) in [6.07, 6.45) is 3.98. The minimum absolute atomic E-state index is 0.226. The smallest absolute Gasteiger partial charge is 0.255 e. The molecule has 5 nitrogen and oxygen atoms in total. The fourth-order valence-electron chi connectivity index (χ4n) is 1.74. The summed E-state index contributed by atoms with van der Waals surface area (Å²) in [6, 6.07) is 1.19. The maximum atomic E-state index is 13.2. The zero-order chi connectivity index (χ0) is 15.5. The maximum Gasteiger partial charge on any atom is 0.255 e. The Morgan fingerprint density at radius 3 is 2.81 bits per heavy atom. The molecule has 0 atom stereocenters. The molecule has 0 unspecified atom stereocenters. The maximum absolute atomic E-state index is 13.2. The third kappa shape index (κ3) is 6.53. The van der Waals surface area contributed by atoms with Crippen molar-refractivity contribution in [2.75, 3.05) is 31.6 Å². The fourth-order valence-corrected chi connectivity index (χ4v) is 1.74. The van der Waals surface area contributed by atoms with Gasteiger partial charge in [-0.25, -0.2) is 9.37 Å². The summed E-state index contributed by atoms with van der Waals surface area (Å²) >= 11 is 0. The molecule has 0 saturated carbocycles. The van der Waals surface area contributed by atoms with E-state index in [-0.39, 0.29) is 11.5 Å². The monoisotopic (exact) mass is 297 g/mol. The molecule has 1 rings (SSSR count). The highest BCUT2D eigenvalue weighted by molar-refractivity contribution is 5.98. The number of pyridine rings is 1. The molecule has 0 aliphatic carbocycles. The lowest BCUT2D eigenvalue weighted by molar-refractivity contribution is 0.0940. The van der Waals surface area contributed by atoms with Gasteiger partial charge in [0.05, 0.1) is 11.8 Å². The summed E-state index contributed by atoms with van der Waals surface area (Å²) in [5.41, 5.74) is 0.226. The van der Waals surface area contributed by atoms with E-state index in [1.807, 2.05) is 6.92 Å². The second-order valence-electron chi connectivity index (χ2n) is 4.66. The van der Waals surface area contributed by atoms with Gasteiger partial charge in [0, 0.05) is 26.3 Å². The number of halogens is 1. The lowest BCUT2D eigenvalue weighted by Crippen LogP contribution is -2.26. The largest absolute Gasteiger partial charge is 0.381 e. The van der Waals surface area contributed by atoms with Crippen molar-refractivity contribution < 1.29 is 13.9 Å². The fraction of sp³-hybridized carbons (Fsp3) is 0.600. The van der Waals surface area contributed by atoms with E-state index in [1.165, 1.54) is 6.07 Å². The van der Waals surface area contributed by atoms with E-state index in [0.717, 1.165) is 32.1 Å². The summed E-state index contributed by atoms with van der Waals surface area (Å²) in [5, 5.41) is 5.70. The minimum Gasteiger partial charge on any atom is -0.381 e.